The van der Waals surface area contributed by atoms with Gasteiger partial charge in [0.05, 0.1) is 30.6 Å². The van der Waals surface area contributed by atoms with Crippen LogP contribution in [0.1, 0.15) is 12.2 Å². The molecule has 0 unspecified atom stereocenters. The van der Waals surface area contributed by atoms with Crippen molar-refractivity contribution in [2.45, 2.75) is 25.5 Å². The van der Waals surface area contributed by atoms with Crippen LogP contribution in [-0.2, 0) is 9.53 Å². The number of anilines is 1. The number of likely N-dealkylation sites (N-methyl/N-ethyl adjacent to an activating group) is 1. The summed E-state index contributed by atoms with van der Waals surface area (Å²) in [6.07, 6.45) is 2.22. The number of pyridine rings is 1. The molecule has 1 amide bonds. The van der Waals surface area contributed by atoms with E-state index in [1.807, 2.05) is 31.0 Å². The quantitative estimate of drug-likeness (QED) is 0.774. The standard InChI is InChI=1S/C16H19N5O2/c1-10-18-15-11(4-3-6-17-15)16(19-10)21-8-12-13(9-21)23-7-5-14(22)20(12)2/h3-4,6,12-13H,5,7-9H2,1-2H3/t12-,13-/m0/s1. The molecule has 2 aromatic rings. The molecule has 2 atom stereocenters. The van der Waals surface area contributed by atoms with Crippen LogP contribution in [0, 0.1) is 6.92 Å². The third-order valence-corrected chi connectivity index (χ3v) is 4.64. The lowest BCUT2D eigenvalue weighted by atomic mass is 10.2. The topological polar surface area (TPSA) is 71.5 Å². The summed E-state index contributed by atoms with van der Waals surface area (Å²) in [6, 6.07) is 3.94. The van der Waals surface area contributed by atoms with Gasteiger partial charge in [0, 0.05) is 26.3 Å². The molecule has 2 aliphatic heterocycles. The second-order valence-electron chi connectivity index (χ2n) is 6.11. The van der Waals surface area contributed by atoms with Crippen molar-refractivity contribution in [3.63, 3.8) is 0 Å². The first kappa shape index (κ1) is 14.3. The minimum atomic E-state index is 0.0217. The van der Waals surface area contributed by atoms with Gasteiger partial charge in [0.2, 0.25) is 5.91 Å². The van der Waals surface area contributed by atoms with Gasteiger partial charge in [-0.1, -0.05) is 0 Å². The monoisotopic (exact) mass is 313 g/mol. The highest BCUT2D eigenvalue weighted by Gasteiger charge is 2.40. The molecule has 4 heterocycles. The number of fused-ring (bicyclic) bond motifs is 2. The molecule has 2 aromatic heterocycles. The van der Waals surface area contributed by atoms with Crippen LogP contribution >= 0.6 is 0 Å². The van der Waals surface area contributed by atoms with Crippen LogP contribution in [-0.4, -0.2) is 64.6 Å². The Morgan fingerprint density at radius 1 is 1.30 bits per heavy atom. The van der Waals surface area contributed by atoms with Gasteiger partial charge in [-0.2, -0.15) is 0 Å². The summed E-state index contributed by atoms with van der Waals surface area (Å²) in [6.45, 7) is 3.80. The van der Waals surface area contributed by atoms with Gasteiger partial charge < -0.3 is 14.5 Å². The molecule has 2 fully saturated rings. The van der Waals surface area contributed by atoms with Crippen LogP contribution < -0.4 is 4.90 Å². The molecule has 0 aliphatic carbocycles. The Labute approximate surface area is 134 Å². The van der Waals surface area contributed by atoms with Gasteiger partial charge in [0.25, 0.3) is 0 Å². The molecular formula is C16H19N5O2. The lowest BCUT2D eigenvalue weighted by molar-refractivity contribution is -0.130. The number of carbonyl (C=O) groups is 1. The Bertz CT molecular complexity index is 765. The molecule has 23 heavy (non-hydrogen) atoms. The predicted octanol–water partition coefficient (Wildman–Crippen LogP) is 0.769. The molecule has 0 bridgehead atoms. The average molecular weight is 313 g/mol. The first-order valence-electron chi connectivity index (χ1n) is 7.85. The first-order chi connectivity index (χ1) is 11.1. The van der Waals surface area contributed by atoms with Gasteiger partial charge in [-0.15, -0.1) is 0 Å². The smallest absolute Gasteiger partial charge is 0.225 e. The van der Waals surface area contributed by atoms with E-state index in [1.54, 1.807) is 6.20 Å². The Kier molecular flexibility index (Phi) is 3.37. The SMILES string of the molecule is Cc1nc(N2C[C@@H]3OCCC(=O)N(C)[C@H]3C2)c2cccnc2n1. The first-order valence-corrected chi connectivity index (χ1v) is 7.85. The van der Waals surface area contributed by atoms with E-state index in [-0.39, 0.29) is 18.1 Å². The van der Waals surface area contributed by atoms with E-state index in [2.05, 4.69) is 19.9 Å². The fraction of sp³-hybridized carbons (Fsp3) is 0.500. The van der Waals surface area contributed by atoms with Crippen molar-refractivity contribution in [3.05, 3.63) is 24.2 Å². The lowest BCUT2D eigenvalue weighted by Crippen LogP contribution is -2.42. The highest BCUT2D eigenvalue weighted by Crippen LogP contribution is 2.29. The maximum absolute atomic E-state index is 12.1. The fourth-order valence-corrected chi connectivity index (χ4v) is 3.42. The molecule has 0 spiro atoms. The number of aryl methyl sites for hydroxylation is 1. The average Bonchev–Trinajstić information content (AvgIpc) is 2.92. The molecule has 0 N–H and O–H groups in total. The zero-order valence-corrected chi connectivity index (χ0v) is 13.3. The van der Waals surface area contributed by atoms with Crippen LogP contribution in [0.5, 0.6) is 0 Å². The zero-order valence-electron chi connectivity index (χ0n) is 13.3. The van der Waals surface area contributed by atoms with Crippen LogP contribution in [0.4, 0.5) is 5.82 Å². The summed E-state index contributed by atoms with van der Waals surface area (Å²) in [5, 5.41) is 0.934. The number of ether oxygens (including phenoxy) is 1. The Morgan fingerprint density at radius 2 is 2.17 bits per heavy atom. The number of hydrogen-bond acceptors (Lipinski definition) is 6. The molecular weight excluding hydrogens is 294 g/mol. The van der Waals surface area contributed by atoms with E-state index in [0.717, 1.165) is 17.7 Å². The van der Waals surface area contributed by atoms with E-state index in [4.69, 9.17) is 4.74 Å². The number of hydrogen-bond donors (Lipinski definition) is 0. The second kappa shape index (κ2) is 5.42. The van der Waals surface area contributed by atoms with Crippen molar-refractivity contribution < 1.29 is 9.53 Å². The van der Waals surface area contributed by atoms with Gasteiger partial charge in [0.15, 0.2) is 5.65 Å². The van der Waals surface area contributed by atoms with E-state index < -0.39 is 0 Å². The van der Waals surface area contributed by atoms with Gasteiger partial charge in [-0.05, 0) is 19.1 Å². The Balaban J connectivity index is 1.72. The minimum absolute atomic E-state index is 0.0217. The molecule has 7 nitrogen and oxygen atoms in total. The van der Waals surface area contributed by atoms with Crippen molar-refractivity contribution >= 4 is 22.8 Å². The van der Waals surface area contributed by atoms with Crippen LogP contribution in [0.15, 0.2) is 18.3 Å². The van der Waals surface area contributed by atoms with Crippen molar-refractivity contribution in [1.82, 2.24) is 19.9 Å². The Hall–Kier alpha value is -2.28. The molecule has 2 saturated heterocycles. The Morgan fingerprint density at radius 3 is 3.04 bits per heavy atom. The van der Waals surface area contributed by atoms with Crippen LogP contribution in [0.2, 0.25) is 0 Å². The van der Waals surface area contributed by atoms with Crippen molar-refractivity contribution in [2.24, 2.45) is 0 Å². The molecule has 7 heteroatoms. The summed E-state index contributed by atoms with van der Waals surface area (Å²) in [4.78, 5) is 29.4. The number of rotatable bonds is 1. The molecule has 0 radical (unpaired) electrons. The van der Waals surface area contributed by atoms with Gasteiger partial charge >= 0.3 is 0 Å². The number of aromatic nitrogens is 3. The van der Waals surface area contributed by atoms with Crippen LogP contribution in [0.3, 0.4) is 0 Å². The van der Waals surface area contributed by atoms with Crippen molar-refractivity contribution in [1.29, 1.82) is 0 Å². The van der Waals surface area contributed by atoms with Crippen molar-refractivity contribution in [2.75, 3.05) is 31.6 Å². The largest absolute Gasteiger partial charge is 0.374 e. The molecule has 0 saturated carbocycles. The second-order valence-corrected chi connectivity index (χ2v) is 6.11. The predicted molar refractivity (Wildman–Crippen MR) is 85.2 cm³/mol. The summed E-state index contributed by atoms with van der Waals surface area (Å²) >= 11 is 0. The lowest BCUT2D eigenvalue weighted by Gasteiger charge is -2.25. The summed E-state index contributed by atoms with van der Waals surface area (Å²) in [5.74, 6) is 1.71. The normalized spacial score (nSPS) is 24.9. The highest BCUT2D eigenvalue weighted by atomic mass is 16.5. The third kappa shape index (κ3) is 2.41. The third-order valence-electron chi connectivity index (χ3n) is 4.64. The van der Waals surface area contributed by atoms with E-state index in [0.29, 0.717) is 31.0 Å². The zero-order chi connectivity index (χ0) is 16.0. The molecule has 4 rings (SSSR count). The number of nitrogens with zero attached hydrogens (tertiary/aromatic N) is 5. The number of carbonyl (C=O) groups excluding carboxylic acids is 1. The maximum Gasteiger partial charge on any atom is 0.225 e. The van der Waals surface area contributed by atoms with E-state index in [9.17, 15) is 4.79 Å². The van der Waals surface area contributed by atoms with Crippen LogP contribution in [0.25, 0.3) is 11.0 Å². The summed E-state index contributed by atoms with van der Waals surface area (Å²) in [5.41, 5.74) is 0.701. The molecule has 2 aliphatic rings. The summed E-state index contributed by atoms with van der Waals surface area (Å²) < 4.78 is 5.90. The minimum Gasteiger partial charge on any atom is -0.374 e. The fourth-order valence-electron chi connectivity index (χ4n) is 3.42. The highest BCUT2D eigenvalue weighted by molar-refractivity contribution is 5.87. The molecule has 120 valence electrons. The van der Waals surface area contributed by atoms with Gasteiger partial charge in [0.1, 0.15) is 11.6 Å². The molecule has 0 aromatic carbocycles. The number of amides is 1. The van der Waals surface area contributed by atoms with Crippen molar-refractivity contribution in [3.8, 4) is 0 Å². The van der Waals surface area contributed by atoms with E-state index in [1.165, 1.54) is 0 Å². The van der Waals surface area contributed by atoms with Gasteiger partial charge in [-0.25, -0.2) is 15.0 Å². The summed E-state index contributed by atoms with van der Waals surface area (Å²) in [7, 11) is 1.86. The van der Waals surface area contributed by atoms with E-state index >= 15 is 0 Å². The van der Waals surface area contributed by atoms with Gasteiger partial charge in [-0.3, -0.25) is 4.79 Å². The maximum atomic E-state index is 12.1.